The van der Waals surface area contributed by atoms with Gasteiger partial charge in [-0.15, -0.1) is 0 Å². The minimum Gasteiger partial charge on any atom is -0.467 e. The second-order valence-electron chi connectivity index (χ2n) is 7.35. The van der Waals surface area contributed by atoms with Crippen molar-refractivity contribution in [2.45, 2.75) is 19.8 Å². The number of allylic oxidation sites excluding steroid dienone is 4. The van der Waals surface area contributed by atoms with E-state index in [-0.39, 0.29) is 6.79 Å². The van der Waals surface area contributed by atoms with Crippen LogP contribution in [0.5, 0.6) is 5.75 Å². The lowest BCUT2D eigenvalue weighted by Gasteiger charge is -2.22. The van der Waals surface area contributed by atoms with Crippen LogP contribution in [-0.4, -0.2) is 28.0 Å². The molecule has 0 fully saturated rings. The van der Waals surface area contributed by atoms with Crippen LogP contribution in [0.15, 0.2) is 60.7 Å². The van der Waals surface area contributed by atoms with Crippen molar-refractivity contribution >= 4 is 24.9 Å². The van der Waals surface area contributed by atoms with Crippen molar-refractivity contribution < 1.29 is 9.47 Å². The number of rotatable bonds is 8. The van der Waals surface area contributed by atoms with Crippen molar-refractivity contribution in [2.24, 2.45) is 5.92 Å². The lowest BCUT2D eigenvalue weighted by Crippen LogP contribution is -2.21. The van der Waals surface area contributed by atoms with E-state index < -0.39 is 0 Å². The Labute approximate surface area is 170 Å². The molecule has 0 radical (unpaired) electrons. The molecule has 2 aromatic carbocycles. The minimum atomic E-state index is 0.267. The standard InChI is InChI=1S/C24H30NO2P/c1-18-10-8-14-21(25(2)3)24(18)28-22-15-9-13-20(23(22)27-17-26-4)16-19-11-6-5-7-12-19/h5-11,13-15,19,28H,12,16-17H2,1-4H3. The number of methoxy groups -OCH3 is 1. The van der Waals surface area contributed by atoms with Crippen molar-refractivity contribution in [1.29, 1.82) is 0 Å². The van der Waals surface area contributed by atoms with Crippen molar-refractivity contribution in [3.63, 3.8) is 0 Å². The maximum atomic E-state index is 6.10. The van der Waals surface area contributed by atoms with Crippen molar-refractivity contribution in [2.75, 3.05) is 32.9 Å². The zero-order valence-electron chi connectivity index (χ0n) is 17.2. The van der Waals surface area contributed by atoms with Gasteiger partial charge in [0.1, 0.15) is 5.75 Å². The Bertz CT molecular complexity index is 858. The van der Waals surface area contributed by atoms with E-state index in [9.17, 15) is 0 Å². The maximum absolute atomic E-state index is 6.10. The number of nitrogens with zero attached hydrogens (tertiary/aromatic N) is 1. The summed E-state index contributed by atoms with van der Waals surface area (Å²) < 4.78 is 11.3. The summed E-state index contributed by atoms with van der Waals surface area (Å²) in [6, 6.07) is 13.0. The monoisotopic (exact) mass is 395 g/mol. The van der Waals surface area contributed by atoms with Gasteiger partial charge < -0.3 is 14.4 Å². The average Bonchev–Trinajstić information content (AvgIpc) is 2.69. The van der Waals surface area contributed by atoms with Gasteiger partial charge in [0, 0.05) is 37.5 Å². The predicted molar refractivity (Wildman–Crippen MR) is 122 cm³/mol. The Morgan fingerprint density at radius 1 is 1.11 bits per heavy atom. The summed E-state index contributed by atoms with van der Waals surface area (Å²) in [5.41, 5.74) is 3.83. The first kappa shape index (κ1) is 20.6. The summed E-state index contributed by atoms with van der Waals surface area (Å²) in [5.74, 6) is 1.50. The van der Waals surface area contributed by atoms with Crippen LogP contribution in [0.4, 0.5) is 5.69 Å². The Morgan fingerprint density at radius 3 is 2.64 bits per heavy atom. The smallest absolute Gasteiger partial charge is 0.188 e. The summed E-state index contributed by atoms with van der Waals surface area (Å²) >= 11 is 0. The molecule has 1 aliphatic carbocycles. The van der Waals surface area contributed by atoms with Gasteiger partial charge in [0.2, 0.25) is 0 Å². The van der Waals surface area contributed by atoms with Gasteiger partial charge in [-0.1, -0.05) is 63.2 Å². The molecule has 0 heterocycles. The molecule has 148 valence electrons. The van der Waals surface area contributed by atoms with Crippen LogP contribution in [0.3, 0.4) is 0 Å². The Hall–Kier alpha value is -2.09. The van der Waals surface area contributed by atoms with Gasteiger partial charge in [0.25, 0.3) is 0 Å². The SMILES string of the molecule is COCOc1c(CC2C=CC=CC2)cccc1Pc1c(C)cccc1N(C)C. The molecule has 1 aliphatic rings. The number of para-hydroxylation sites is 1. The first-order chi connectivity index (χ1) is 13.6. The van der Waals surface area contributed by atoms with Crippen molar-refractivity contribution in [3.8, 4) is 5.75 Å². The van der Waals surface area contributed by atoms with Crippen LogP contribution < -0.4 is 20.2 Å². The highest BCUT2D eigenvalue weighted by atomic mass is 31.1. The molecular weight excluding hydrogens is 365 g/mol. The molecular formula is C24H30NO2P. The van der Waals surface area contributed by atoms with Gasteiger partial charge in [-0.25, -0.2) is 0 Å². The molecule has 28 heavy (non-hydrogen) atoms. The van der Waals surface area contributed by atoms with Gasteiger partial charge in [0.15, 0.2) is 6.79 Å². The summed E-state index contributed by atoms with van der Waals surface area (Å²) in [4.78, 5) is 2.19. The Kier molecular flexibility index (Phi) is 7.30. The van der Waals surface area contributed by atoms with Crippen molar-refractivity contribution in [3.05, 3.63) is 71.8 Å². The van der Waals surface area contributed by atoms with Crippen LogP contribution in [0, 0.1) is 12.8 Å². The quantitative estimate of drug-likeness (QED) is 0.490. The fraction of sp³-hybridized carbons (Fsp3) is 0.333. The molecule has 0 aliphatic heterocycles. The minimum absolute atomic E-state index is 0.267. The second-order valence-corrected chi connectivity index (χ2v) is 8.63. The van der Waals surface area contributed by atoms with E-state index >= 15 is 0 Å². The number of hydrogen-bond donors (Lipinski definition) is 0. The second kappa shape index (κ2) is 9.91. The Balaban J connectivity index is 1.95. The van der Waals surface area contributed by atoms with Gasteiger partial charge in [-0.05, 0) is 42.9 Å². The zero-order chi connectivity index (χ0) is 19.9. The molecule has 0 saturated carbocycles. The number of anilines is 1. The van der Waals surface area contributed by atoms with Crippen LogP contribution in [0.25, 0.3) is 0 Å². The molecule has 0 saturated heterocycles. The number of aryl methyl sites for hydroxylation is 1. The highest BCUT2D eigenvalue weighted by Crippen LogP contribution is 2.30. The summed E-state index contributed by atoms with van der Waals surface area (Å²) in [5, 5.41) is 2.61. The molecule has 0 aromatic heterocycles. The number of benzene rings is 2. The van der Waals surface area contributed by atoms with Gasteiger partial charge in [-0.3, -0.25) is 0 Å². The molecule has 2 atom stereocenters. The normalized spacial score (nSPS) is 16.1. The molecule has 0 amide bonds. The van der Waals surface area contributed by atoms with E-state index in [1.165, 1.54) is 27.4 Å². The van der Waals surface area contributed by atoms with E-state index in [2.05, 4.69) is 86.6 Å². The van der Waals surface area contributed by atoms with E-state index in [1.54, 1.807) is 7.11 Å². The van der Waals surface area contributed by atoms with Crippen LogP contribution in [0.2, 0.25) is 0 Å². The van der Waals surface area contributed by atoms with Gasteiger partial charge in [0.05, 0.1) is 0 Å². The summed E-state index contributed by atoms with van der Waals surface area (Å²) in [6.45, 7) is 2.46. The van der Waals surface area contributed by atoms with E-state index in [1.807, 2.05) is 0 Å². The first-order valence-corrected chi connectivity index (χ1v) is 10.7. The molecule has 2 unspecified atom stereocenters. The molecule has 3 nitrogen and oxygen atoms in total. The van der Waals surface area contributed by atoms with E-state index in [0.717, 1.165) is 18.6 Å². The lowest BCUT2D eigenvalue weighted by molar-refractivity contribution is 0.0511. The number of ether oxygens (including phenoxy) is 2. The Morgan fingerprint density at radius 2 is 1.93 bits per heavy atom. The summed E-state index contributed by atoms with van der Waals surface area (Å²) in [6.07, 6.45) is 10.9. The molecule has 3 rings (SSSR count). The summed E-state index contributed by atoms with van der Waals surface area (Å²) in [7, 11) is 6.41. The third-order valence-corrected chi connectivity index (χ3v) is 6.52. The third kappa shape index (κ3) is 5.04. The molecule has 0 bridgehead atoms. The van der Waals surface area contributed by atoms with Crippen LogP contribution in [-0.2, 0) is 11.2 Å². The largest absolute Gasteiger partial charge is 0.467 e. The average molecular weight is 395 g/mol. The molecule has 0 spiro atoms. The highest BCUT2D eigenvalue weighted by Gasteiger charge is 2.17. The fourth-order valence-electron chi connectivity index (χ4n) is 3.52. The number of hydrogen-bond acceptors (Lipinski definition) is 3. The molecule has 4 heteroatoms. The third-order valence-electron chi connectivity index (χ3n) is 4.96. The highest BCUT2D eigenvalue weighted by molar-refractivity contribution is 7.56. The molecule has 2 aromatic rings. The topological polar surface area (TPSA) is 21.7 Å². The fourth-order valence-corrected chi connectivity index (χ4v) is 5.03. The lowest BCUT2D eigenvalue weighted by atomic mass is 9.93. The van der Waals surface area contributed by atoms with Crippen LogP contribution >= 0.6 is 8.58 Å². The van der Waals surface area contributed by atoms with Gasteiger partial charge in [-0.2, -0.15) is 0 Å². The first-order valence-electron chi connectivity index (χ1n) is 9.71. The molecule has 0 N–H and O–H groups in total. The van der Waals surface area contributed by atoms with E-state index in [4.69, 9.17) is 9.47 Å². The van der Waals surface area contributed by atoms with Crippen molar-refractivity contribution in [1.82, 2.24) is 0 Å². The predicted octanol–water partition coefficient (Wildman–Crippen LogP) is 4.35. The van der Waals surface area contributed by atoms with Crippen LogP contribution in [0.1, 0.15) is 17.5 Å². The zero-order valence-corrected chi connectivity index (χ0v) is 18.2. The maximum Gasteiger partial charge on any atom is 0.188 e. The van der Waals surface area contributed by atoms with Gasteiger partial charge >= 0.3 is 0 Å². The van der Waals surface area contributed by atoms with E-state index in [0.29, 0.717) is 14.5 Å².